The van der Waals surface area contributed by atoms with Gasteiger partial charge in [-0.15, -0.1) is 0 Å². The monoisotopic (exact) mass is 383 g/mol. The van der Waals surface area contributed by atoms with Gasteiger partial charge in [-0.3, -0.25) is 9.48 Å². The van der Waals surface area contributed by atoms with Crippen molar-refractivity contribution in [2.45, 2.75) is 19.9 Å². The van der Waals surface area contributed by atoms with E-state index in [4.69, 9.17) is 16.3 Å². The van der Waals surface area contributed by atoms with Crippen LogP contribution in [0.3, 0.4) is 0 Å². The average Bonchev–Trinajstić information content (AvgIpc) is 3.10. The summed E-state index contributed by atoms with van der Waals surface area (Å²) in [4.78, 5) is 11.9. The van der Waals surface area contributed by atoms with E-state index in [0.717, 1.165) is 29.7 Å². The maximum atomic E-state index is 11.9. The number of rotatable bonds is 8. The predicted octanol–water partition coefficient (Wildman–Crippen LogP) is 4.10. The van der Waals surface area contributed by atoms with Gasteiger partial charge in [-0.1, -0.05) is 48.0 Å². The summed E-state index contributed by atoms with van der Waals surface area (Å²) in [5.74, 6) is 0.327. The van der Waals surface area contributed by atoms with Crippen LogP contribution in [-0.2, 0) is 11.3 Å². The van der Waals surface area contributed by atoms with Crippen molar-refractivity contribution in [2.24, 2.45) is 0 Å². The van der Waals surface area contributed by atoms with E-state index in [1.807, 2.05) is 66.5 Å². The van der Waals surface area contributed by atoms with Gasteiger partial charge in [0.2, 0.25) is 0 Å². The molecule has 0 unspecified atom stereocenters. The van der Waals surface area contributed by atoms with Crippen molar-refractivity contribution in [3.63, 3.8) is 0 Å². The molecule has 0 aliphatic carbocycles. The highest BCUT2D eigenvalue weighted by molar-refractivity contribution is 6.32. The van der Waals surface area contributed by atoms with Crippen LogP contribution in [0.15, 0.2) is 60.9 Å². The first-order valence-electron chi connectivity index (χ1n) is 8.85. The molecule has 0 fully saturated rings. The van der Waals surface area contributed by atoms with Gasteiger partial charge in [-0.25, -0.2) is 0 Å². The van der Waals surface area contributed by atoms with Crippen LogP contribution in [0.1, 0.15) is 12.0 Å². The number of halogens is 1. The van der Waals surface area contributed by atoms with E-state index in [2.05, 4.69) is 10.4 Å². The van der Waals surface area contributed by atoms with Crippen molar-refractivity contribution in [3.8, 4) is 16.9 Å². The molecule has 1 heterocycles. The normalized spacial score (nSPS) is 10.6. The smallest absolute Gasteiger partial charge is 0.257 e. The number of benzene rings is 2. The Morgan fingerprint density at radius 2 is 2.00 bits per heavy atom. The molecule has 5 nitrogen and oxygen atoms in total. The fraction of sp³-hybridized carbons (Fsp3) is 0.238. The van der Waals surface area contributed by atoms with E-state index in [9.17, 15) is 4.79 Å². The molecule has 2 aromatic carbocycles. The highest BCUT2D eigenvalue weighted by atomic mass is 35.5. The second-order valence-corrected chi connectivity index (χ2v) is 6.69. The third kappa shape index (κ3) is 5.59. The lowest BCUT2D eigenvalue weighted by Crippen LogP contribution is -2.30. The second kappa shape index (κ2) is 9.24. The standard InChI is InChI=1S/C21H22ClN3O2/c1-16-13-24-25(14-16)11-5-10-23-21(26)15-27-20-9-8-18(12-19(20)22)17-6-3-2-4-7-17/h2-4,6-9,12-14H,5,10-11,15H2,1H3,(H,23,26). The molecule has 0 radical (unpaired) electrons. The molecule has 0 saturated carbocycles. The molecule has 0 saturated heterocycles. The highest BCUT2D eigenvalue weighted by Crippen LogP contribution is 2.30. The zero-order valence-corrected chi connectivity index (χ0v) is 15.9. The summed E-state index contributed by atoms with van der Waals surface area (Å²) in [6, 6.07) is 15.5. The molecule has 27 heavy (non-hydrogen) atoms. The molecule has 6 heteroatoms. The van der Waals surface area contributed by atoms with E-state index in [-0.39, 0.29) is 12.5 Å². The first-order chi connectivity index (χ1) is 13.1. The number of nitrogens with zero attached hydrogens (tertiary/aromatic N) is 2. The summed E-state index contributed by atoms with van der Waals surface area (Å²) in [5.41, 5.74) is 3.21. The van der Waals surface area contributed by atoms with Crippen LogP contribution >= 0.6 is 11.6 Å². The molecular weight excluding hydrogens is 362 g/mol. The fourth-order valence-corrected chi connectivity index (χ4v) is 2.92. The van der Waals surface area contributed by atoms with Crippen LogP contribution in [0.4, 0.5) is 0 Å². The lowest BCUT2D eigenvalue weighted by atomic mass is 10.1. The van der Waals surface area contributed by atoms with Gasteiger partial charge in [0.25, 0.3) is 5.91 Å². The largest absolute Gasteiger partial charge is 0.482 e. The molecule has 0 aliphatic heterocycles. The van der Waals surface area contributed by atoms with Gasteiger partial charge in [-0.05, 0) is 42.2 Å². The zero-order chi connectivity index (χ0) is 19.1. The minimum Gasteiger partial charge on any atom is -0.482 e. The molecule has 3 rings (SSSR count). The van der Waals surface area contributed by atoms with Gasteiger partial charge in [0.15, 0.2) is 6.61 Å². The summed E-state index contributed by atoms with van der Waals surface area (Å²) in [6.07, 6.45) is 4.60. The summed E-state index contributed by atoms with van der Waals surface area (Å²) < 4.78 is 7.41. The Labute approximate surface area is 163 Å². The van der Waals surface area contributed by atoms with Crippen molar-refractivity contribution in [1.82, 2.24) is 15.1 Å². The molecule has 0 atom stereocenters. The third-order valence-electron chi connectivity index (χ3n) is 4.05. The van der Waals surface area contributed by atoms with Gasteiger partial charge in [0, 0.05) is 19.3 Å². The quantitative estimate of drug-likeness (QED) is 0.596. The molecule has 140 valence electrons. The number of ether oxygens (including phenoxy) is 1. The molecule has 0 spiro atoms. The van der Waals surface area contributed by atoms with Crippen LogP contribution < -0.4 is 10.1 Å². The second-order valence-electron chi connectivity index (χ2n) is 6.28. The number of aromatic nitrogens is 2. The van der Waals surface area contributed by atoms with E-state index in [1.165, 1.54) is 0 Å². The summed E-state index contributed by atoms with van der Waals surface area (Å²) in [7, 11) is 0. The number of nitrogens with one attached hydrogen (secondary N) is 1. The van der Waals surface area contributed by atoms with Gasteiger partial charge >= 0.3 is 0 Å². The van der Waals surface area contributed by atoms with Crippen LogP contribution in [0.5, 0.6) is 5.75 Å². The summed E-state index contributed by atoms with van der Waals surface area (Å²) >= 11 is 6.29. The molecule has 1 amide bonds. The zero-order valence-electron chi connectivity index (χ0n) is 15.2. The molecular formula is C21H22ClN3O2. The van der Waals surface area contributed by atoms with Crippen molar-refractivity contribution in [3.05, 3.63) is 71.5 Å². The van der Waals surface area contributed by atoms with E-state index < -0.39 is 0 Å². The van der Waals surface area contributed by atoms with Gasteiger partial charge in [0.05, 0.1) is 11.2 Å². The number of carbonyl (C=O) groups is 1. The van der Waals surface area contributed by atoms with Gasteiger partial charge < -0.3 is 10.1 Å². The van der Waals surface area contributed by atoms with Crippen LogP contribution in [-0.4, -0.2) is 28.8 Å². The first kappa shape index (κ1) is 19.0. The number of aryl methyl sites for hydroxylation is 2. The maximum Gasteiger partial charge on any atom is 0.257 e. The van der Waals surface area contributed by atoms with E-state index in [1.54, 1.807) is 6.07 Å². The van der Waals surface area contributed by atoms with Crippen molar-refractivity contribution < 1.29 is 9.53 Å². The number of hydrogen-bond donors (Lipinski definition) is 1. The lowest BCUT2D eigenvalue weighted by Gasteiger charge is -2.10. The predicted molar refractivity (Wildman–Crippen MR) is 107 cm³/mol. The third-order valence-corrected chi connectivity index (χ3v) is 4.34. The lowest BCUT2D eigenvalue weighted by molar-refractivity contribution is -0.123. The SMILES string of the molecule is Cc1cnn(CCCNC(=O)COc2ccc(-c3ccccc3)cc2Cl)c1. The van der Waals surface area contributed by atoms with E-state index in [0.29, 0.717) is 17.3 Å². The van der Waals surface area contributed by atoms with Gasteiger partial charge in [0.1, 0.15) is 5.75 Å². The Hall–Kier alpha value is -2.79. The Morgan fingerprint density at radius 1 is 1.19 bits per heavy atom. The number of amides is 1. The topological polar surface area (TPSA) is 56.2 Å². The summed E-state index contributed by atoms with van der Waals surface area (Å²) in [5, 5.41) is 7.53. The number of hydrogen-bond acceptors (Lipinski definition) is 3. The molecule has 3 aromatic rings. The first-order valence-corrected chi connectivity index (χ1v) is 9.23. The van der Waals surface area contributed by atoms with Crippen molar-refractivity contribution >= 4 is 17.5 Å². The van der Waals surface area contributed by atoms with Crippen LogP contribution in [0.2, 0.25) is 5.02 Å². The Kier molecular flexibility index (Phi) is 6.49. The molecule has 1 aromatic heterocycles. The Balaban J connectivity index is 1.43. The molecule has 0 bridgehead atoms. The maximum absolute atomic E-state index is 11.9. The molecule has 1 N–H and O–H groups in total. The van der Waals surface area contributed by atoms with Crippen molar-refractivity contribution in [2.75, 3.05) is 13.2 Å². The minimum absolute atomic E-state index is 0.0642. The molecule has 0 aliphatic rings. The van der Waals surface area contributed by atoms with Crippen LogP contribution in [0.25, 0.3) is 11.1 Å². The van der Waals surface area contributed by atoms with E-state index >= 15 is 0 Å². The average molecular weight is 384 g/mol. The summed E-state index contributed by atoms with van der Waals surface area (Å²) in [6.45, 7) is 3.27. The highest BCUT2D eigenvalue weighted by Gasteiger charge is 2.07. The minimum atomic E-state index is -0.171. The Morgan fingerprint density at radius 3 is 2.70 bits per heavy atom. The fourth-order valence-electron chi connectivity index (χ4n) is 2.68. The number of carbonyl (C=O) groups excluding carboxylic acids is 1. The van der Waals surface area contributed by atoms with Crippen molar-refractivity contribution in [1.29, 1.82) is 0 Å². The van der Waals surface area contributed by atoms with Gasteiger partial charge in [-0.2, -0.15) is 5.10 Å². The van der Waals surface area contributed by atoms with Crippen LogP contribution in [0, 0.1) is 6.92 Å². The Bertz CT molecular complexity index is 893.